The van der Waals surface area contributed by atoms with Crippen LogP contribution in [0.4, 0.5) is 0 Å². The highest BCUT2D eigenvalue weighted by Gasteiger charge is 2.20. The molecule has 0 spiro atoms. The lowest BCUT2D eigenvalue weighted by Gasteiger charge is -2.27. The van der Waals surface area contributed by atoms with E-state index in [1.165, 1.54) is 19.3 Å². The number of carboxylic acids is 1. The second-order valence-corrected chi connectivity index (χ2v) is 4.85. The molecule has 0 unspecified atom stereocenters. The van der Waals surface area contributed by atoms with Crippen LogP contribution in [0, 0.1) is 0 Å². The van der Waals surface area contributed by atoms with Crippen molar-refractivity contribution in [1.29, 1.82) is 0 Å². The van der Waals surface area contributed by atoms with E-state index in [-0.39, 0.29) is 11.9 Å². The van der Waals surface area contributed by atoms with Crippen LogP contribution in [-0.4, -0.2) is 26.7 Å². The predicted molar refractivity (Wildman–Crippen MR) is 64.1 cm³/mol. The molecule has 17 heavy (non-hydrogen) atoms. The molecule has 1 heterocycles. The Morgan fingerprint density at radius 2 is 2.35 bits per heavy atom. The SMILES string of the molecule is CC(C)n1c(CNC2CCC2)cnc1C(=O)O. The van der Waals surface area contributed by atoms with Crippen molar-refractivity contribution >= 4 is 5.97 Å². The number of rotatable bonds is 5. The smallest absolute Gasteiger partial charge is 0.372 e. The highest BCUT2D eigenvalue weighted by atomic mass is 16.4. The van der Waals surface area contributed by atoms with Gasteiger partial charge in [-0.3, -0.25) is 0 Å². The first-order valence-corrected chi connectivity index (χ1v) is 6.12. The average molecular weight is 237 g/mol. The first-order valence-electron chi connectivity index (χ1n) is 6.12. The zero-order valence-electron chi connectivity index (χ0n) is 10.3. The van der Waals surface area contributed by atoms with E-state index < -0.39 is 5.97 Å². The third-order valence-electron chi connectivity index (χ3n) is 3.26. The maximum Gasteiger partial charge on any atom is 0.372 e. The lowest BCUT2D eigenvalue weighted by molar-refractivity contribution is 0.0676. The molecule has 0 aromatic carbocycles. The molecule has 1 aromatic heterocycles. The molecule has 1 aliphatic rings. The first-order chi connectivity index (χ1) is 8.09. The molecule has 0 atom stereocenters. The summed E-state index contributed by atoms with van der Waals surface area (Å²) in [7, 11) is 0. The Labute approximate surface area is 101 Å². The summed E-state index contributed by atoms with van der Waals surface area (Å²) in [4.78, 5) is 15.0. The minimum absolute atomic E-state index is 0.113. The van der Waals surface area contributed by atoms with Crippen LogP contribution in [0.2, 0.25) is 0 Å². The van der Waals surface area contributed by atoms with Crippen LogP contribution in [-0.2, 0) is 6.54 Å². The van der Waals surface area contributed by atoms with Crippen molar-refractivity contribution in [1.82, 2.24) is 14.9 Å². The Morgan fingerprint density at radius 3 is 2.82 bits per heavy atom. The minimum Gasteiger partial charge on any atom is -0.475 e. The number of carbonyl (C=O) groups is 1. The third-order valence-corrected chi connectivity index (χ3v) is 3.26. The molecular weight excluding hydrogens is 218 g/mol. The fourth-order valence-electron chi connectivity index (χ4n) is 2.12. The highest BCUT2D eigenvalue weighted by Crippen LogP contribution is 2.19. The van der Waals surface area contributed by atoms with Crippen LogP contribution in [0.5, 0.6) is 0 Å². The van der Waals surface area contributed by atoms with Gasteiger partial charge >= 0.3 is 5.97 Å². The summed E-state index contributed by atoms with van der Waals surface area (Å²) in [5.41, 5.74) is 0.948. The molecular formula is C12H19N3O2. The maximum atomic E-state index is 11.0. The molecule has 0 aliphatic heterocycles. The second-order valence-electron chi connectivity index (χ2n) is 4.85. The largest absolute Gasteiger partial charge is 0.475 e. The van der Waals surface area contributed by atoms with Crippen molar-refractivity contribution in [2.24, 2.45) is 0 Å². The Bertz CT molecular complexity index is 408. The van der Waals surface area contributed by atoms with Crippen LogP contribution in [0.3, 0.4) is 0 Å². The molecule has 0 bridgehead atoms. The number of nitrogens with one attached hydrogen (secondary N) is 1. The fraction of sp³-hybridized carbons (Fsp3) is 0.667. The number of aromatic carboxylic acids is 1. The molecule has 1 saturated carbocycles. The van der Waals surface area contributed by atoms with Gasteiger partial charge in [0.1, 0.15) is 0 Å². The first kappa shape index (κ1) is 12.1. The zero-order chi connectivity index (χ0) is 12.4. The lowest BCUT2D eigenvalue weighted by atomic mass is 9.93. The molecule has 0 amide bonds. The lowest BCUT2D eigenvalue weighted by Crippen LogP contribution is -2.35. The number of carboxylic acid groups (broad SMARTS) is 1. The predicted octanol–water partition coefficient (Wildman–Crippen LogP) is 1.80. The fourth-order valence-corrected chi connectivity index (χ4v) is 2.12. The standard InChI is InChI=1S/C12H19N3O2/c1-8(2)15-10(6-13-9-4-3-5-9)7-14-11(15)12(16)17/h7-9,13H,3-6H2,1-2H3,(H,16,17). The molecule has 1 aromatic rings. The molecule has 2 N–H and O–H groups in total. The molecule has 94 valence electrons. The molecule has 1 aliphatic carbocycles. The van der Waals surface area contributed by atoms with Gasteiger partial charge in [-0.1, -0.05) is 6.42 Å². The van der Waals surface area contributed by atoms with Crippen LogP contribution >= 0.6 is 0 Å². The van der Waals surface area contributed by atoms with E-state index in [1.807, 2.05) is 13.8 Å². The van der Waals surface area contributed by atoms with Gasteiger partial charge in [0.2, 0.25) is 5.82 Å². The number of nitrogens with zero attached hydrogens (tertiary/aromatic N) is 2. The molecule has 5 heteroatoms. The van der Waals surface area contributed by atoms with E-state index in [0.29, 0.717) is 12.6 Å². The number of aromatic nitrogens is 2. The van der Waals surface area contributed by atoms with E-state index in [1.54, 1.807) is 10.8 Å². The summed E-state index contributed by atoms with van der Waals surface area (Å²) in [5.74, 6) is -0.834. The number of hydrogen-bond acceptors (Lipinski definition) is 3. The van der Waals surface area contributed by atoms with Gasteiger partial charge in [-0.05, 0) is 26.7 Å². The summed E-state index contributed by atoms with van der Waals surface area (Å²) in [6.07, 6.45) is 5.40. The average Bonchev–Trinajstić information content (AvgIpc) is 2.59. The van der Waals surface area contributed by atoms with Crippen molar-refractivity contribution in [2.75, 3.05) is 0 Å². The zero-order valence-corrected chi connectivity index (χ0v) is 10.3. The van der Waals surface area contributed by atoms with Crippen LogP contribution in [0.25, 0.3) is 0 Å². The van der Waals surface area contributed by atoms with Crippen molar-refractivity contribution in [3.05, 3.63) is 17.7 Å². The van der Waals surface area contributed by atoms with Gasteiger partial charge in [-0.25, -0.2) is 9.78 Å². The monoisotopic (exact) mass is 237 g/mol. The Balaban J connectivity index is 2.11. The van der Waals surface area contributed by atoms with Gasteiger partial charge in [0.15, 0.2) is 0 Å². The van der Waals surface area contributed by atoms with Gasteiger partial charge < -0.3 is 15.0 Å². The van der Waals surface area contributed by atoms with Crippen LogP contribution in [0.15, 0.2) is 6.20 Å². The summed E-state index contributed by atoms with van der Waals surface area (Å²) in [5, 5.41) is 12.5. The van der Waals surface area contributed by atoms with Crippen LogP contribution < -0.4 is 5.32 Å². The summed E-state index contributed by atoms with van der Waals surface area (Å²) < 4.78 is 1.79. The molecule has 0 saturated heterocycles. The van der Waals surface area contributed by atoms with E-state index in [9.17, 15) is 4.79 Å². The van der Waals surface area contributed by atoms with E-state index in [4.69, 9.17) is 5.11 Å². The maximum absolute atomic E-state index is 11.0. The van der Waals surface area contributed by atoms with Crippen molar-refractivity contribution in [3.63, 3.8) is 0 Å². The topological polar surface area (TPSA) is 67.2 Å². The second kappa shape index (κ2) is 4.87. The molecule has 5 nitrogen and oxygen atoms in total. The van der Waals surface area contributed by atoms with Crippen LogP contribution in [0.1, 0.15) is 55.5 Å². The van der Waals surface area contributed by atoms with Gasteiger partial charge in [0.25, 0.3) is 0 Å². The van der Waals surface area contributed by atoms with Gasteiger partial charge in [0, 0.05) is 18.6 Å². The minimum atomic E-state index is -0.964. The van der Waals surface area contributed by atoms with Crippen molar-refractivity contribution < 1.29 is 9.90 Å². The van der Waals surface area contributed by atoms with E-state index in [0.717, 1.165) is 5.69 Å². The summed E-state index contributed by atoms with van der Waals surface area (Å²) in [6, 6.07) is 0.709. The Hall–Kier alpha value is -1.36. The van der Waals surface area contributed by atoms with E-state index >= 15 is 0 Å². The van der Waals surface area contributed by atoms with Gasteiger partial charge in [0.05, 0.1) is 11.9 Å². The summed E-state index contributed by atoms with van der Waals surface area (Å²) >= 11 is 0. The Kier molecular flexibility index (Phi) is 3.47. The normalized spacial score (nSPS) is 16.2. The highest BCUT2D eigenvalue weighted by molar-refractivity contribution is 5.83. The molecule has 0 radical (unpaired) electrons. The molecule has 1 fully saturated rings. The number of hydrogen-bond donors (Lipinski definition) is 2. The molecule has 2 rings (SSSR count). The van der Waals surface area contributed by atoms with Gasteiger partial charge in [-0.2, -0.15) is 0 Å². The van der Waals surface area contributed by atoms with Gasteiger partial charge in [-0.15, -0.1) is 0 Å². The summed E-state index contributed by atoms with van der Waals surface area (Å²) in [6.45, 7) is 4.64. The third kappa shape index (κ3) is 2.49. The van der Waals surface area contributed by atoms with Crippen molar-refractivity contribution in [2.45, 2.75) is 51.7 Å². The van der Waals surface area contributed by atoms with Crippen molar-refractivity contribution in [3.8, 4) is 0 Å². The Morgan fingerprint density at radius 1 is 1.65 bits per heavy atom. The number of imidazole rings is 1. The van der Waals surface area contributed by atoms with E-state index in [2.05, 4.69) is 10.3 Å². The quantitative estimate of drug-likeness (QED) is 0.819.